The molecule has 2 aromatic rings. The Balaban J connectivity index is 2.01. The lowest BCUT2D eigenvalue weighted by atomic mass is 10.3. The van der Waals surface area contributed by atoms with E-state index >= 15 is 0 Å². The molecule has 1 aromatic heterocycles. The second kappa shape index (κ2) is 7.02. The lowest BCUT2D eigenvalue weighted by Gasteiger charge is -2.11. The van der Waals surface area contributed by atoms with Gasteiger partial charge < -0.3 is 15.5 Å². The Hall–Kier alpha value is -1.92. The smallest absolute Gasteiger partial charge is 0.249 e. The van der Waals surface area contributed by atoms with Gasteiger partial charge in [-0.2, -0.15) is 10.1 Å². The molecule has 2 N–H and O–H groups in total. The Morgan fingerprint density at radius 1 is 1.25 bits per heavy atom. The maximum Gasteiger partial charge on any atom is 0.249 e. The Labute approximate surface area is 123 Å². The van der Waals surface area contributed by atoms with Gasteiger partial charge in [-0.15, -0.1) is 5.10 Å². The molecule has 0 atom stereocenters. The molecule has 1 aromatic carbocycles. The number of likely N-dealkylation sites (N-methyl/N-ethyl adjacent to an activating group) is 1. The summed E-state index contributed by atoms with van der Waals surface area (Å²) in [4.78, 5) is 6.42. The predicted molar refractivity (Wildman–Crippen MR) is 81.6 cm³/mol. The minimum atomic E-state index is 0.410. The van der Waals surface area contributed by atoms with Crippen molar-refractivity contribution in [2.75, 3.05) is 37.8 Å². The number of nitrogens with zero attached hydrogens (tertiary/aromatic N) is 4. The van der Waals surface area contributed by atoms with Crippen molar-refractivity contribution in [2.45, 2.75) is 0 Å². The average Bonchev–Trinajstić information content (AvgIpc) is 2.41. The molecule has 0 aliphatic rings. The van der Waals surface area contributed by atoms with E-state index in [1.165, 1.54) is 0 Å². The summed E-state index contributed by atoms with van der Waals surface area (Å²) in [6.07, 6.45) is 1.59. The lowest BCUT2D eigenvalue weighted by Crippen LogP contribution is -2.21. The summed E-state index contributed by atoms with van der Waals surface area (Å²) >= 11 is 6.07. The molecule has 106 valence electrons. The lowest BCUT2D eigenvalue weighted by molar-refractivity contribution is 0.425. The number of benzene rings is 1. The standard InChI is InChI=1S/C13H17ClN6/c1-20(2)8-7-15-12-9-16-19-13(18-12)17-11-6-4-3-5-10(11)14/h3-6,9H,7-8H2,1-2H3,(H2,15,17,18,19). The third-order valence-corrected chi connectivity index (χ3v) is 2.87. The van der Waals surface area contributed by atoms with Crippen LogP contribution in [0.25, 0.3) is 0 Å². The van der Waals surface area contributed by atoms with Crippen molar-refractivity contribution in [3.8, 4) is 0 Å². The van der Waals surface area contributed by atoms with E-state index in [1.807, 2.05) is 32.3 Å². The largest absolute Gasteiger partial charge is 0.367 e. The van der Waals surface area contributed by atoms with Crippen LogP contribution in [-0.2, 0) is 0 Å². The fraction of sp³-hybridized carbons (Fsp3) is 0.308. The van der Waals surface area contributed by atoms with Crippen molar-refractivity contribution in [3.05, 3.63) is 35.5 Å². The van der Waals surface area contributed by atoms with Crippen LogP contribution < -0.4 is 10.6 Å². The van der Waals surface area contributed by atoms with Crippen LogP contribution in [0.15, 0.2) is 30.5 Å². The third-order valence-electron chi connectivity index (χ3n) is 2.54. The first-order valence-corrected chi connectivity index (χ1v) is 6.63. The zero-order valence-electron chi connectivity index (χ0n) is 11.5. The molecule has 0 saturated heterocycles. The number of para-hydroxylation sites is 1. The number of rotatable bonds is 6. The van der Waals surface area contributed by atoms with E-state index < -0.39 is 0 Å². The van der Waals surface area contributed by atoms with Crippen molar-refractivity contribution in [3.63, 3.8) is 0 Å². The van der Waals surface area contributed by atoms with E-state index in [0.29, 0.717) is 16.8 Å². The van der Waals surface area contributed by atoms with E-state index in [4.69, 9.17) is 11.6 Å². The molecule has 2 rings (SSSR count). The van der Waals surface area contributed by atoms with E-state index in [0.717, 1.165) is 18.8 Å². The van der Waals surface area contributed by atoms with Crippen LogP contribution in [0, 0.1) is 0 Å². The molecule has 0 saturated carbocycles. The van der Waals surface area contributed by atoms with Gasteiger partial charge in [-0.05, 0) is 26.2 Å². The topological polar surface area (TPSA) is 66.0 Å². The zero-order chi connectivity index (χ0) is 14.4. The van der Waals surface area contributed by atoms with E-state index in [2.05, 4.69) is 30.7 Å². The highest BCUT2D eigenvalue weighted by Crippen LogP contribution is 2.23. The Kier molecular flexibility index (Phi) is 5.09. The fourth-order valence-electron chi connectivity index (χ4n) is 1.53. The molecule has 20 heavy (non-hydrogen) atoms. The summed E-state index contributed by atoms with van der Waals surface area (Å²) in [5, 5.41) is 14.7. The first-order valence-electron chi connectivity index (χ1n) is 6.25. The average molecular weight is 293 g/mol. The number of hydrogen-bond acceptors (Lipinski definition) is 6. The number of hydrogen-bond donors (Lipinski definition) is 2. The molecule has 0 unspecified atom stereocenters. The molecule has 0 aliphatic heterocycles. The van der Waals surface area contributed by atoms with E-state index in [9.17, 15) is 0 Å². The van der Waals surface area contributed by atoms with Crippen molar-refractivity contribution < 1.29 is 0 Å². The summed E-state index contributed by atoms with van der Waals surface area (Å²) in [7, 11) is 4.04. The highest BCUT2D eigenvalue weighted by atomic mass is 35.5. The normalized spacial score (nSPS) is 10.6. The molecule has 0 amide bonds. The number of nitrogens with one attached hydrogen (secondary N) is 2. The van der Waals surface area contributed by atoms with Crippen LogP contribution in [0.3, 0.4) is 0 Å². The van der Waals surface area contributed by atoms with Crippen LogP contribution in [0.5, 0.6) is 0 Å². The highest BCUT2D eigenvalue weighted by Gasteiger charge is 2.03. The van der Waals surface area contributed by atoms with Gasteiger partial charge in [0.15, 0.2) is 5.82 Å². The summed E-state index contributed by atoms with van der Waals surface area (Å²) in [6.45, 7) is 1.70. The molecule has 7 heteroatoms. The zero-order valence-corrected chi connectivity index (χ0v) is 12.2. The van der Waals surface area contributed by atoms with Gasteiger partial charge >= 0.3 is 0 Å². The summed E-state index contributed by atoms with van der Waals surface area (Å²) in [5.74, 6) is 1.09. The Morgan fingerprint density at radius 2 is 2.05 bits per heavy atom. The molecule has 0 radical (unpaired) electrons. The molecule has 0 fully saturated rings. The van der Waals surface area contributed by atoms with E-state index in [1.54, 1.807) is 12.3 Å². The van der Waals surface area contributed by atoms with E-state index in [-0.39, 0.29) is 0 Å². The second-order valence-electron chi connectivity index (χ2n) is 4.50. The van der Waals surface area contributed by atoms with Crippen molar-refractivity contribution in [1.29, 1.82) is 0 Å². The van der Waals surface area contributed by atoms with Crippen molar-refractivity contribution in [2.24, 2.45) is 0 Å². The summed E-state index contributed by atoms with van der Waals surface area (Å²) in [5.41, 5.74) is 0.751. The van der Waals surface area contributed by atoms with Gasteiger partial charge in [0.05, 0.1) is 16.9 Å². The maximum atomic E-state index is 6.07. The van der Waals surface area contributed by atoms with Gasteiger partial charge in [0.2, 0.25) is 5.95 Å². The van der Waals surface area contributed by atoms with Crippen molar-refractivity contribution in [1.82, 2.24) is 20.1 Å². The molecule has 1 heterocycles. The summed E-state index contributed by atoms with van der Waals surface area (Å²) < 4.78 is 0. The molecule has 0 bridgehead atoms. The molecule has 0 spiro atoms. The fourth-order valence-corrected chi connectivity index (χ4v) is 1.72. The highest BCUT2D eigenvalue weighted by molar-refractivity contribution is 6.33. The SMILES string of the molecule is CN(C)CCNc1cnnc(Nc2ccccc2Cl)n1. The summed E-state index contributed by atoms with van der Waals surface area (Å²) in [6, 6.07) is 7.42. The quantitative estimate of drug-likeness (QED) is 0.851. The number of anilines is 3. The van der Waals surface area contributed by atoms with Gasteiger partial charge in [0.1, 0.15) is 0 Å². The molecule has 0 aliphatic carbocycles. The van der Waals surface area contributed by atoms with Crippen LogP contribution in [0.1, 0.15) is 0 Å². The number of aromatic nitrogens is 3. The third kappa shape index (κ3) is 4.32. The first-order chi connectivity index (χ1) is 9.65. The van der Waals surface area contributed by atoms with Crippen LogP contribution in [-0.4, -0.2) is 47.3 Å². The van der Waals surface area contributed by atoms with Crippen LogP contribution in [0.2, 0.25) is 5.02 Å². The predicted octanol–water partition coefficient (Wildman–Crippen LogP) is 2.24. The van der Waals surface area contributed by atoms with Crippen molar-refractivity contribution >= 4 is 29.1 Å². The van der Waals surface area contributed by atoms with Gasteiger partial charge in [0, 0.05) is 13.1 Å². The minimum Gasteiger partial charge on any atom is -0.367 e. The maximum absolute atomic E-state index is 6.07. The Morgan fingerprint density at radius 3 is 2.80 bits per heavy atom. The second-order valence-corrected chi connectivity index (χ2v) is 4.91. The van der Waals surface area contributed by atoms with Gasteiger partial charge in [-0.3, -0.25) is 0 Å². The van der Waals surface area contributed by atoms with Crippen LogP contribution in [0.4, 0.5) is 17.5 Å². The Bertz CT molecular complexity index is 560. The van der Waals surface area contributed by atoms with Crippen LogP contribution >= 0.6 is 11.6 Å². The minimum absolute atomic E-state index is 0.410. The monoisotopic (exact) mass is 292 g/mol. The molecular weight excluding hydrogens is 276 g/mol. The number of halogens is 1. The van der Waals surface area contributed by atoms with Gasteiger partial charge in [0.25, 0.3) is 0 Å². The van der Waals surface area contributed by atoms with Gasteiger partial charge in [-0.25, -0.2) is 0 Å². The van der Waals surface area contributed by atoms with Gasteiger partial charge in [-0.1, -0.05) is 23.7 Å². The molecular formula is C13H17ClN6. The molecule has 6 nitrogen and oxygen atoms in total. The first kappa shape index (κ1) is 14.5.